The predicted octanol–water partition coefficient (Wildman–Crippen LogP) is 3.13. The zero-order chi connectivity index (χ0) is 15.3. The number of nitrogens with zero attached hydrogens (tertiary/aromatic N) is 1. The Balaban J connectivity index is 2.51. The fourth-order valence-electron chi connectivity index (χ4n) is 2.56. The predicted molar refractivity (Wildman–Crippen MR) is 82.8 cm³/mol. The summed E-state index contributed by atoms with van der Waals surface area (Å²) in [6.07, 6.45) is 2.07. The van der Waals surface area contributed by atoms with Crippen LogP contribution in [-0.4, -0.2) is 43.8 Å². The average Bonchev–Trinajstić information content (AvgIpc) is 2.78. The molecule has 0 aromatic rings. The molecule has 0 aromatic carbocycles. The number of hydrogen-bond donors (Lipinski definition) is 1. The van der Waals surface area contributed by atoms with Gasteiger partial charge in [0, 0.05) is 32.2 Å². The number of rotatable bonds is 5. The van der Waals surface area contributed by atoms with E-state index in [1.807, 2.05) is 7.05 Å². The molecule has 4 nitrogen and oxygen atoms in total. The first-order chi connectivity index (χ1) is 9.20. The SMILES string of the molecule is CC(C)C[C@H](NC(=O)N(C)C[C@@H]1CCOC1)C(C)(C)C. The highest BCUT2D eigenvalue weighted by Crippen LogP contribution is 2.25. The van der Waals surface area contributed by atoms with Crippen LogP contribution in [0.5, 0.6) is 0 Å². The van der Waals surface area contributed by atoms with Crippen molar-refractivity contribution in [2.75, 3.05) is 26.8 Å². The summed E-state index contributed by atoms with van der Waals surface area (Å²) in [6.45, 7) is 13.4. The van der Waals surface area contributed by atoms with Crippen molar-refractivity contribution in [1.29, 1.82) is 0 Å². The van der Waals surface area contributed by atoms with Gasteiger partial charge in [-0.05, 0) is 24.2 Å². The van der Waals surface area contributed by atoms with Crippen LogP contribution in [0.2, 0.25) is 0 Å². The van der Waals surface area contributed by atoms with Crippen LogP contribution in [0, 0.1) is 17.3 Å². The minimum absolute atomic E-state index is 0.0393. The smallest absolute Gasteiger partial charge is 0.317 e. The highest BCUT2D eigenvalue weighted by atomic mass is 16.5. The third-order valence-corrected chi connectivity index (χ3v) is 3.95. The van der Waals surface area contributed by atoms with E-state index in [4.69, 9.17) is 4.74 Å². The summed E-state index contributed by atoms with van der Waals surface area (Å²) < 4.78 is 5.37. The Bertz CT molecular complexity index is 304. The molecule has 1 aliphatic rings. The number of nitrogens with one attached hydrogen (secondary N) is 1. The van der Waals surface area contributed by atoms with Gasteiger partial charge in [0.1, 0.15) is 0 Å². The van der Waals surface area contributed by atoms with Gasteiger partial charge in [0.25, 0.3) is 0 Å². The lowest BCUT2D eigenvalue weighted by Gasteiger charge is -2.34. The Morgan fingerprint density at radius 3 is 2.50 bits per heavy atom. The molecule has 4 heteroatoms. The van der Waals surface area contributed by atoms with Gasteiger partial charge >= 0.3 is 6.03 Å². The zero-order valence-corrected chi connectivity index (χ0v) is 14.0. The van der Waals surface area contributed by atoms with Crippen molar-refractivity contribution >= 4 is 6.03 Å². The van der Waals surface area contributed by atoms with E-state index in [0.29, 0.717) is 11.8 Å². The largest absolute Gasteiger partial charge is 0.381 e. The summed E-state index contributed by atoms with van der Waals surface area (Å²) in [5.41, 5.74) is 0.0806. The maximum atomic E-state index is 12.3. The Labute approximate surface area is 124 Å². The molecule has 1 N–H and O–H groups in total. The van der Waals surface area contributed by atoms with Crippen molar-refractivity contribution in [3.05, 3.63) is 0 Å². The molecule has 1 rings (SSSR count). The fraction of sp³-hybridized carbons (Fsp3) is 0.938. The van der Waals surface area contributed by atoms with E-state index in [1.165, 1.54) is 0 Å². The molecule has 0 aliphatic carbocycles. The lowest BCUT2D eigenvalue weighted by molar-refractivity contribution is 0.162. The maximum absolute atomic E-state index is 12.3. The van der Waals surface area contributed by atoms with E-state index in [1.54, 1.807) is 4.90 Å². The van der Waals surface area contributed by atoms with Gasteiger partial charge in [-0.2, -0.15) is 0 Å². The highest BCUT2D eigenvalue weighted by Gasteiger charge is 2.28. The summed E-state index contributed by atoms with van der Waals surface area (Å²) in [5, 5.41) is 3.21. The second-order valence-corrected chi connectivity index (χ2v) is 7.61. The summed E-state index contributed by atoms with van der Waals surface area (Å²) in [6, 6.07) is 0.245. The molecule has 20 heavy (non-hydrogen) atoms. The third kappa shape index (κ3) is 5.70. The molecule has 1 aliphatic heterocycles. The number of carbonyl (C=O) groups is 1. The van der Waals surface area contributed by atoms with Gasteiger partial charge in [-0.15, -0.1) is 0 Å². The van der Waals surface area contributed by atoms with Crippen molar-refractivity contribution in [3.63, 3.8) is 0 Å². The van der Waals surface area contributed by atoms with E-state index >= 15 is 0 Å². The molecule has 0 bridgehead atoms. The second kappa shape index (κ2) is 7.30. The number of amides is 2. The number of carbonyl (C=O) groups excluding carboxylic acids is 1. The molecule has 0 spiro atoms. The van der Waals surface area contributed by atoms with Crippen molar-refractivity contribution < 1.29 is 9.53 Å². The molecular weight excluding hydrogens is 252 g/mol. The third-order valence-electron chi connectivity index (χ3n) is 3.95. The van der Waals surface area contributed by atoms with E-state index in [9.17, 15) is 4.79 Å². The molecule has 118 valence electrons. The van der Waals surface area contributed by atoms with Gasteiger partial charge in [-0.1, -0.05) is 34.6 Å². The molecule has 2 amide bonds. The van der Waals surface area contributed by atoms with E-state index in [2.05, 4.69) is 39.9 Å². The summed E-state index contributed by atoms with van der Waals surface area (Å²) in [4.78, 5) is 14.1. The first kappa shape index (κ1) is 17.3. The average molecular weight is 284 g/mol. The first-order valence-corrected chi connectivity index (χ1v) is 7.79. The molecule has 1 heterocycles. The van der Waals surface area contributed by atoms with Crippen LogP contribution in [-0.2, 0) is 4.74 Å². The van der Waals surface area contributed by atoms with Crippen molar-refractivity contribution in [1.82, 2.24) is 10.2 Å². The summed E-state index contributed by atoms with van der Waals surface area (Å²) in [7, 11) is 1.88. The van der Waals surface area contributed by atoms with E-state index in [0.717, 1.165) is 32.6 Å². The normalized spacial score (nSPS) is 21.1. The summed E-state index contributed by atoms with van der Waals surface area (Å²) >= 11 is 0. The summed E-state index contributed by atoms with van der Waals surface area (Å²) in [5.74, 6) is 1.07. The molecule has 0 radical (unpaired) electrons. The van der Waals surface area contributed by atoms with Crippen LogP contribution < -0.4 is 5.32 Å². The molecule has 0 aromatic heterocycles. The van der Waals surface area contributed by atoms with Crippen LogP contribution in [0.1, 0.15) is 47.5 Å². The standard InChI is InChI=1S/C16H32N2O2/c1-12(2)9-14(16(3,4)5)17-15(19)18(6)10-13-7-8-20-11-13/h12-14H,7-11H2,1-6H3,(H,17,19)/t13-,14-/m0/s1. The van der Waals surface area contributed by atoms with Gasteiger partial charge in [-0.3, -0.25) is 0 Å². The van der Waals surface area contributed by atoms with E-state index < -0.39 is 0 Å². The Morgan fingerprint density at radius 2 is 2.05 bits per heavy atom. The van der Waals surface area contributed by atoms with Crippen LogP contribution in [0.3, 0.4) is 0 Å². The van der Waals surface area contributed by atoms with Crippen molar-refractivity contribution in [2.24, 2.45) is 17.3 Å². The van der Waals surface area contributed by atoms with Crippen LogP contribution in [0.25, 0.3) is 0 Å². The molecule has 2 atom stereocenters. The molecule has 0 saturated carbocycles. The van der Waals surface area contributed by atoms with Crippen LogP contribution in [0.15, 0.2) is 0 Å². The number of ether oxygens (including phenoxy) is 1. The number of hydrogen-bond acceptors (Lipinski definition) is 2. The number of urea groups is 1. The monoisotopic (exact) mass is 284 g/mol. The Kier molecular flexibility index (Phi) is 6.31. The molecular formula is C16H32N2O2. The maximum Gasteiger partial charge on any atom is 0.317 e. The van der Waals surface area contributed by atoms with Gasteiger partial charge in [0.2, 0.25) is 0 Å². The quantitative estimate of drug-likeness (QED) is 0.842. The van der Waals surface area contributed by atoms with Gasteiger partial charge in [0.15, 0.2) is 0 Å². The van der Waals surface area contributed by atoms with Gasteiger partial charge in [0.05, 0.1) is 6.61 Å². The minimum Gasteiger partial charge on any atom is -0.381 e. The minimum atomic E-state index is 0.0393. The lowest BCUT2D eigenvalue weighted by atomic mass is 9.82. The molecule has 1 fully saturated rings. The lowest BCUT2D eigenvalue weighted by Crippen LogP contribution is -2.50. The highest BCUT2D eigenvalue weighted by molar-refractivity contribution is 5.74. The fourth-order valence-corrected chi connectivity index (χ4v) is 2.56. The molecule has 1 saturated heterocycles. The van der Waals surface area contributed by atoms with E-state index in [-0.39, 0.29) is 17.5 Å². The first-order valence-electron chi connectivity index (χ1n) is 7.79. The van der Waals surface area contributed by atoms with Crippen LogP contribution >= 0.6 is 0 Å². The Morgan fingerprint density at radius 1 is 1.40 bits per heavy atom. The topological polar surface area (TPSA) is 41.6 Å². The Hall–Kier alpha value is -0.770. The van der Waals surface area contributed by atoms with Crippen LogP contribution in [0.4, 0.5) is 4.79 Å². The van der Waals surface area contributed by atoms with Crippen molar-refractivity contribution in [3.8, 4) is 0 Å². The van der Waals surface area contributed by atoms with Crippen molar-refractivity contribution in [2.45, 2.75) is 53.5 Å². The van der Waals surface area contributed by atoms with Gasteiger partial charge < -0.3 is 15.0 Å². The second-order valence-electron chi connectivity index (χ2n) is 7.61. The molecule has 0 unspecified atom stereocenters. The zero-order valence-electron chi connectivity index (χ0n) is 14.0. The van der Waals surface area contributed by atoms with Gasteiger partial charge in [-0.25, -0.2) is 4.79 Å².